The summed E-state index contributed by atoms with van der Waals surface area (Å²) in [5.41, 5.74) is 0. The number of allylic oxidation sites excluding steroid dienone is 16. The van der Waals surface area contributed by atoms with Crippen molar-refractivity contribution in [2.75, 3.05) is 13.2 Å². The SMILES string of the molecule is CCCCC/C=C\C/C=C\C/C=C\C/C=C\CCCCCC(=O)O[C@H](COC(=O)CCC/C=C\C/C=C\C/C=C\C/C=C\CC[C@@H](O)CC)COP(=O)(O)O. The van der Waals surface area contributed by atoms with Gasteiger partial charge in [-0.2, -0.15) is 0 Å². The fourth-order valence-corrected chi connectivity index (χ4v) is 5.33. The Kier molecular flexibility index (Phi) is 37.0. The molecular formula is C45H73O9P. The summed E-state index contributed by atoms with van der Waals surface area (Å²) in [6, 6.07) is 0. The first-order valence-corrected chi connectivity index (χ1v) is 22.1. The lowest BCUT2D eigenvalue weighted by molar-refractivity contribution is -0.161. The Bertz CT molecular complexity index is 1220. The van der Waals surface area contributed by atoms with Gasteiger partial charge in [0.25, 0.3) is 0 Å². The van der Waals surface area contributed by atoms with Crippen molar-refractivity contribution in [2.24, 2.45) is 0 Å². The number of hydrogen-bond donors (Lipinski definition) is 3. The van der Waals surface area contributed by atoms with Crippen LogP contribution in [0.4, 0.5) is 0 Å². The van der Waals surface area contributed by atoms with Crippen molar-refractivity contribution in [1.82, 2.24) is 0 Å². The van der Waals surface area contributed by atoms with Crippen LogP contribution in [0.25, 0.3) is 0 Å². The summed E-state index contributed by atoms with van der Waals surface area (Å²) in [6.07, 6.45) is 50.7. The van der Waals surface area contributed by atoms with Crippen molar-refractivity contribution >= 4 is 19.8 Å². The van der Waals surface area contributed by atoms with Crippen LogP contribution in [0.3, 0.4) is 0 Å². The van der Waals surface area contributed by atoms with E-state index in [-0.39, 0.29) is 25.6 Å². The molecule has 3 N–H and O–H groups in total. The Morgan fingerprint density at radius 2 is 0.982 bits per heavy atom. The van der Waals surface area contributed by atoms with Gasteiger partial charge in [-0.25, -0.2) is 4.57 Å². The molecule has 9 nitrogen and oxygen atoms in total. The second kappa shape index (κ2) is 39.2. The lowest BCUT2D eigenvalue weighted by atomic mass is 10.1. The molecule has 10 heteroatoms. The Labute approximate surface area is 333 Å². The highest BCUT2D eigenvalue weighted by atomic mass is 31.2. The minimum absolute atomic E-state index is 0.150. The van der Waals surface area contributed by atoms with Gasteiger partial charge in [0, 0.05) is 12.8 Å². The number of carbonyl (C=O) groups excluding carboxylic acids is 2. The summed E-state index contributed by atoms with van der Waals surface area (Å²) < 4.78 is 26.3. The number of ether oxygens (including phenoxy) is 2. The van der Waals surface area contributed by atoms with Gasteiger partial charge < -0.3 is 24.4 Å². The Morgan fingerprint density at radius 1 is 0.545 bits per heavy atom. The smallest absolute Gasteiger partial charge is 0.462 e. The van der Waals surface area contributed by atoms with Crippen molar-refractivity contribution in [2.45, 2.75) is 161 Å². The molecule has 2 atom stereocenters. The zero-order valence-electron chi connectivity index (χ0n) is 33.9. The summed E-state index contributed by atoms with van der Waals surface area (Å²) in [5, 5.41) is 9.54. The van der Waals surface area contributed by atoms with Gasteiger partial charge in [-0.3, -0.25) is 14.1 Å². The van der Waals surface area contributed by atoms with Gasteiger partial charge in [0.1, 0.15) is 6.61 Å². The number of phosphoric ester groups is 1. The van der Waals surface area contributed by atoms with Gasteiger partial charge in [-0.15, -0.1) is 0 Å². The van der Waals surface area contributed by atoms with Gasteiger partial charge in [-0.05, 0) is 103 Å². The van der Waals surface area contributed by atoms with E-state index in [1.54, 1.807) is 0 Å². The monoisotopic (exact) mass is 788 g/mol. The number of aliphatic hydroxyl groups excluding tert-OH is 1. The maximum absolute atomic E-state index is 12.4. The van der Waals surface area contributed by atoms with Gasteiger partial charge in [0.15, 0.2) is 6.10 Å². The average Bonchev–Trinajstić information content (AvgIpc) is 3.16. The van der Waals surface area contributed by atoms with E-state index < -0.39 is 32.5 Å². The van der Waals surface area contributed by atoms with Crippen LogP contribution in [0.5, 0.6) is 0 Å². The van der Waals surface area contributed by atoms with E-state index >= 15 is 0 Å². The number of rotatable bonds is 36. The van der Waals surface area contributed by atoms with Crippen molar-refractivity contribution < 1.29 is 43.0 Å². The minimum atomic E-state index is -4.79. The minimum Gasteiger partial charge on any atom is -0.462 e. The highest BCUT2D eigenvalue weighted by Gasteiger charge is 2.22. The molecule has 0 saturated heterocycles. The third kappa shape index (κ3) is 41.9. The lowest BCUT2D eigenvalue weighted by Gasteiger charge is -2.18. The summed E-state index contributed by atoms with van der Waals surface area (Å²) >= 11 is 0. The molecule has 0 fully saturated rings. The highest BCUT2D eigenvalue weighted by molar-refractivity contribution is 7.46. The first-order chi connectivity index (χ1) is 26.7. The second-order valence-corrected chi connectivity index (χ2v) is 14.6. The predicted octanol–water partition coefficient (Wildman–Crippen LogP) is 11.6. The van der Waals surface area contributed by atoms with E-state index in [0.29, 0.717) is 19.3 Å². The zero-order chi connectivity index (χ0) is 40.5. The molecule has 0 bridgehead atoms. The van der Waals surface area contributed by atoms with Crippen LogP contribution in [-0.2, 0) is 28.2 Å². The van der Waals surface area contributed by atoms with E-state index in [1.807, 2.05) is 19.1 Å². The number of aliphatic hydroxyl groups is 1. The quantitative estimate of drug-likeness (QED) is 0.0245. The van der Waals surface area contributed by atoms with Crippen molar-refractivity contribution in [3.8, 4) is 0 Å². The summed E-state index contributed by atoms with van der Waals surface area (Å²) in [4.78, 5) is 42.8. The van der Waals surface area contributed by atoms with Crippen LogP contribution in [0.2, 0.25) is 0 Å². The predicted molar refractivity (Wildman–Crippen MR) is 226 cm³/mol. The number of hydrogen-bond acceptors (Lipinski definition) is 7. The molecule has 0 radical (unpaired) electrons. The van der Waals surface area contributed by atoms with Gasteiger partial charge in [-0.1, -0.05) is 130 Å². The normalized spacial score (nSPS) is 14.1. The maximum atomic E-state index is 12.4. The molecule has 0 spiro atoms. The average molecular weight is 789 g/mol. The molecule has 0 rings (SSSR count). The third-order valence-electron chi connectivity index (χ3n) is 8.24. The fourth-order valence-electron chi connectivity index (χ4n) is 4.97. The van der Waals surface area contributed by atoms with Crippen molar-refractivity contribution in [1.29, 1.82) is 0 Å². The Morgan fingerprint density at radius 3 is 1.45 bits per heavy atom. The van der Waals surface area contributed by atoms with E-state index in [2.05, 4.69) is 96.5 Å². The van der Waals surface area contributed by atoms with Gasteiger partial charge >= 0.3 is 19.8 Å². The topological polar surface area (TPSA) is 140 Å². The molecule has 0 heterocycles. The molecule has 0 unspecified atom stereocenters. The van der Waals surface area contributed by atoms with Crippen LogP contribution in [0.15, 0.2) is 97.2 Å². The largest absolute Gasteiger partial charge is 0.469 e. The summed E-state index contributed by atoms with van der Waals surface area (Å²) in [5.74, 6) is -1.02. The molecule has 312 valence electrons. The fraction of sp³-hybridized carbons (Fsp3) is 0.600. The van der Waals surface area contributed by atoms with Crippen molar-refractivity contribution in [3.05, 3.63) is 97.2 Å². The van der Waals surface area contributed by atoms with Crippen LogP contribution in [0, 0.1) is 0 Å². The molecule has 0 aliphatic heterocycles. The van der Waals surface area contributed by atoms with E-state index in [9.17, 15) is 19.3 Å². The Balaban J connectivity index is 4.13. The number of phosphoric acid groups is 1. The molecule has 0 aromatic rings. The van der Waals surface area contributed by atoms with Gasteiger partial charge in [0.2, 0.25) is 0 Å². The standard InChI is InChI=1S/C45H73O9P/c1-3-5-6-7-8-9-10-11-12-13-14-15-16-21-24-27-30-33-36-39-45(48)54-43(41-53-55(49,50)51)40-52-44(47)38-35-32-29-26-23-20-18-17-19-22-25-28-31-34-37-42(46)4-2/h8-9,11-12,14-15,18-22,24,26,28-29,31,42-43,46H,3-7,10,13,16-17,23,25,27,30,32-41H2,1-2H3,(H2,49,50,51)/b9-8-,12-11-,15-14-,20-18-,22-19-,24-21-,29-26-,31-28-/t42-,43+/m0/s1. The highest BCUT2D eigenvalue weighted by Crippen LogP contribution is 2.36. The second-order valence-electron chi connectivity index (χ2n) is 13.4. The molecule has 0 aliphatic rings. The van der Waals surface area contributed by atoms with E-state index in [0.717, 1.165) is 77.0 Å². The van der Waals surface area contributed by atoms with Crippen LogP contribution < -0.4 is 0 Å². The van der Waals surface area contributed by atoms with Gasteiger partial charge in [0.05, 0.1) is 12.7 Å². The molecule has 0 saturated carbocycles. The summed E-state index contributed by atoms with van der Waals surface area (Å²) in [7, 11) is -4.79. The van der Waals surface area contributed by atoms with Crippen LogP contribution in [0.1, 0.15) is 149 Å². The zero-order valence-corrected chi connectivity index (χ0v) is 34.8. The first kappa shape index (κ1) is 51.9. The van der Waals surface area contributed by atoms with E-state index in [1.165, 1.54) is 25.7 Å². The van der Waals surface area contributed by atoms with Crippen molar-refractivity contribution in [3.63, 3.8) is 0 Å². The molecule has 0 amide bonds. The van der Waals surface area contributed by atoms with E-state index in [4.69, 9.17) is 19.3 Å². The molecular weight excluding hydrogens is 715 g/mol. The lowest BCUT2D eigenvalue weighted by Crippen LogP contribution is -2.29. The van der Waals surface area contributed by atoms with Crippen LogP contribution >= 0.6 is 7.82 Å². The number of esters is 2. The maximum Gasteiger partial charge on any atom is 0.469 e. The Hall–Kier alpha value is -3.07. The van der Waals surface area contributed by atoms with Crippen LogP contribution in [-0.4, -0.2) is 52.3 Å². The molecule has 0 aliphatic carbocycles. The third-order valence-corrected chi connectivity index (χ3v) is 8.72. The number of carbonyl (C=O) groups is 2. The number of unbranched alkanes of at least 4 members (excludes halogenated alkanes) is 7. The molecule has 0 aromatic carbocycles. The first-order valence-electron chi connectivity index (χ1n) is 20.6. The molecule has 0 aromatic heterocycles. The summed E-state index contributed by atoms with van der Waals surface area (Å²) in [6.45, 7) is 3.29. The molecule has 55 heavy (non-hydrogen) atoms.